The Morgan fingerprint density at radius 2 is 2.07 bits per heavy atom. The number of hydrogen-bond donors (Lipinski definition) is 3. The van der Waals surface area contributed by atoms with E-state index in [1.807, 2.05) is 13.0 Å². The number of amides is 3. The summed E-state index contributed by atoms with van der Waals surface area (Å²) in [5.41, 5.74) is 2.57. The third-order valence-corrected chi connectivity index (χ3v) is 5.34. The number of aromatic amines is 1. The number of rotatable bonds is 4. The Morgan fingerprint density at radius 3 is 2.83 bits per heavy atom. The zero-order chi connectivity index (χ0) is 20.5. The average molecular weight is 432 g/mol. The molecule has 0 unspecified atom stereocenters. The molecule has 1 fully saturated rings. The fourth-order valence-electron chi connectivity index (χ4n) is 3.28. The largest absolute Gasteiger partial charge is 0.342 e. The van der Waals surface area contributed by atoms with Crippen LogP contribution in [-0.4, -0.2) is 35.0 Å². The number of aromatic nitrogens is 2. The number of imidazole rings is 1. The molecule has 4 rings (SSSR count). The summed E-state index contributed by atoms with van der Waals surface area (Å²) in [5.74, 6) is 0.343. The van der Waals surface area contributed by atoms with Crippen molar-refractivity contribution in [1.29, 1.82) is 0 Å². The highest BCUT2D eigenvalue weighted by Crippen LogP contribution is 2.28. The van der Waals surface area contributed by atoms with Gasteiger partial charge in [0.25, 0.3) is 5.91 Å². The monoisotopic (exact) mass is 431 g/mol. The van der Waals surface area contributed by atoms with E-state index in [1.165, 1.54) is 0 Å². The van der Waals surface area contributed by atoms with Gasteiger partial charge in [-0.15, -0.1) is 0 Å². The van der Waals surface area contributed by atoms with Gasteiger partial charge in [0, 0.05) is 23.7 Å². The Hall–Kier alpha value is -2.77. The Morgan fingerprint density at radius 1 is 1.24 bits per heavy atom. The van der Waals surface area contributed by atoms with Crippen LogP contribution in [0.3, 0.4) is 0 Å². The lowest BCUT2D eigenvalue weighted by molar-refractivity contribution is 0.0938. The Bertz CT molecular complexity index is 1100. The van der Waals surface area contributed by atoms with Crippen LogP contribution in [0.1, 0.15) is 35.6 Å². The van der Waals surface area contributed by atoms with E-state index < -0.39 is 0 Å². The predicted molar refractivity (Wildman–Crippen MR) is 114 cm³/mol. The molecular weight excluding hydrogens is 413 g/mol. The van der Waals surface area contributed by atoms with Gasteiger partial charge in [0.05, 0.1) is 27.8 Å². The van der Waals surface area contributed by atoms with E-state index in [0.29, 0.717) is 40.2 Å². The average Bonchev–Trinajstić information content (AvgIpc) is 3.12. The smallest absolute Gasteiger partial charge is 0.321 e. The van der Waals surface area contributed by atoms with Crippen molar-refractivity contribution in [3.8, 4) is 0 Å². The van der Waals surface area contributed by atoms with E-state index in [4.69, 9.17) is 23.2 Å². The van der Waals surface area contributed by atoms with Crippen LogP contribution in [-0.2, 0) is 0 Å². The second-order valence-electron chi connectivity index (χ2n) is 6.88. The van der Waals surface area contributed by atoms with Crippen molar-refractivity contribution >= 4 is 51.9 Å². The summed E-state index contributed by atoms with van der Waals surface area (Å²) in [4.78, 5) is 33.9. The molecule has 9 heteroatoms. The van der Waals surface area contributed by atoms with Gasteiger partial charge in [-0.2, -0.15) is 0 Å². The predicted octanol–water partition coefficient (Wildman–Crippen LogP) is 4.28. The van der Waals surface area contributed by atoms with Crippen molar-refractivity contribution < 1.29 is 9.59 Å². The van der Waals surface area contributed by atoms with Gasteiger partial charge in [-0.05, 0) is 49.7 Å². The van der Waals surface area contributed by atoms with Crippen LogP contribution >= 0.6 is 23.2 Å². The summed E-state index contributed by atoms with van der Waals surface area (Å²) in [7, 11) is 0. The van der Waals surface area contributed by atoms with E-state index in [2.05, 4.69) is 20.6 Å². The molecule has 7 nitrogen and oxygen atoms in total. The fraction of sp³-hybridized carbons (Fsp3) is 0.250. The number of H-pyrrole nitrogens is 1. The number of urea groups is 1. The third kappa shape index (κ3) is 4.02. The molecule has 0 aliphatic carbocycles. The molecule has 0 saturated carbocycles. The van der Waals surface area contributed by atoms with Gasteiger partial charge >= 0.3 is 6.03 Å². The van der Waals surface area contributed by atoms with Crippen LogP contribution in [0.25, 0.3) is 11.0 Å². The molecule has 29 heavy (non-hydrogen) atoms. The summed E-state index contributed by atoms with van der Waals surface area (Å²) in [6.45, 7) is 3.08. The highest BCUT2D eigenvalue weighted by Gasteiger charge is 2.22. The molecule has 150 valence electrons. The molecule has 3 amide bonds. The summed E-state index contributed by atoms with van der Waals surface area (Å²) in [6.07, 6.45) is 0.838. The first kappa shape index (κ1) is 19.5. The number of hydrogen-bond acceptors (Lipinski definition) is 3. The lowest BCUT2D eigenvalue weighted by atomic mass is 10.1. The maximum absolute atomic E-state index is 12.7. The fourth-order valence-corrected chi connectivity index (χ4v) is 3.74. The van der Waals surface area contributed by atoms with E-state index in [0.717, 1.165) is 17.5 Å². The van der Waals surface area contributed by atoms with Crippen LogP contribution < -0.4 is 15.5 Å². The quantitative estimate of drug-likeness (QED) is 0.575. The van der Waals surface area contributed by atoms with E-state index in [-0.39, 0.29) is 18.0 Å². The van der Waals surface area contributed by atoms with Crippen LogP contribution in [0.2, 0.25) is 10.0 Å². The van der Waals surface area contributed by atoms with Crippen molar-refractivity contribution in [1.82, 2.24) is 20.6 Å². The molecule has 1 aliphatic heterocycles. The molecule has 1 aliphatic rings. The number of carbonyl (C=O) groups is 2. The van der Waals surface area contributed by atoms with Crippen LogP contribution in [0.5, 0.6) is 0 Å². The van der Waals surface area contributed by atoms with Gasteiger partial charge in [0.1, 0.15) is 5.82 Å². The van der Waals surface area contributed by atoms with Gasteiger partial charge in [-0.25, -0.2) is 9.78 Å². The van der Waals surface area contributed by atoms with Crippen LogP contribution in [0.15, 0.2) is 36.4 Å². The summed E-state index contributed by atoms with van der Waals surface area (Å²) in [5, 5.41) is 6.65. The Balaban J connectivity index is 1.50. The highest BCUT2D eigenvalue weighted by atomic mass is 35.5. The topological polar surface area (TPSA) is 90.1 Å². The second-order valence-corrected chi connectivity index (χ2v) is 7.73. The van der Waals surface area contributed by atoms with Crippen molar-refractivity contribution in [3.63, 3.8) is 0 Å². The molecule has 0 bridgehead atoms. The SMILES string of the molecule is C[C@H](NC(=O)c1ccc(N2CCCNC2=O)c(Cl)c1)c1nc2ccc(Cl)cc2[nH]1. The molecular formula is C20H19Cl2N5O2. The van der Waals surface area contributed by atoms with Crippen molar-refractivity contribution in [2.75, 3.05) is 18.0 Å². The zero-order valence-electron chi connectivity index (χ0n) is 15.6. The lowest BCUT2D eigenvalue weighted by Crippen LogP contribution is -2.46. The first-order valence-electron chi connectivity index (χ1n) is 9.23. The molecule has 2 aromatic carbocycles. The molecule has 3 N–H and O–H groups in total. The van der Waals surface area contributed by atoms with Gasteiger partial charge in [0.2, 0.25) is 0 Å². The van der Waals surface area contributed by atoms with Crippen molar-refractivity contribution in [3.05, 3.63) is 57.8 Å². The molecule has 3 aromatic rings. The maximum Gasteiger partial charge on any atom is 0.321 e. The molecule has 2 heterocycles. The minimum Gasteiger partial charge on any atom is -0.342 e. The number of halogens is 2. The molecule has 1 atom stereocenters. The standard InChI is InChI=1S/C20H19Cl2N5O2/c1-11(18-25-15-5-4-13(21)10-16(15)26-18)24-19(28)12-3-6-17(14(22)9-12)27-8-2-7-23-20(27)29/h3-6,9-11H,2,7-8H2,1H3,(H,23,29)(H,24,28)(H,25,26)/t11-/m0/s1. The Labute approximate surface area is 177 Å². The molecule has 0 radical (unpaired) electrons. The van der Waals surface area contributed by atoms with E-state index >= 15 is 0 Å². The minimum atomic E-state index is -0.347. The third-order valence-electron chi connectivity index (χ3n) is 4.80. The van der Waals surface area contributed by atoms with Gasteiger partial charge < -0.3 is 15.6 Å². The van der Waals surface area contributed by atoms with E-state index in [1.54, 1.807) is 35.2 Å². The van der Waals surface area contributed by atoms with Crippen LogP contribution in [0, 0.1) is 0 Å². The second kappa shape index (κ2) is 7.93. The number of fused-ring (bicyclic) bond motifs is 1. The van der Waals surface area contributed by atoms with Gasteiger partial charge in [0.15, 0.2) is 0 Å². The normalized spacial score (nSPS) is 15.3. The Kier molecular flexibility index (Phi) is 5.34. The zero-order valence-corrected chi connectivity index (χ0v) is 17.1. The first-order chi connectivity index (χ1) is 13.9. The van der Waals surface area contributed by atoms with Gasteiger partial charge in [-0.1, -0.05) is 23.2 Å². The van der Waals surface area contributed by atoms with Gasteiger partial charge in [-0.3, -0.25) is 9.69 Å². The number of anilines is 1. The summed E-state index contributed by atoms with van der Waals surface area (Å²) >= 11 is 12.4. The summed E-state index contributed by atoms with van der Waals surface area (Å²) < 4.78 is 0. The van der Waals surface area contributed by atoms with Crippen LogP contribution in [0.4, 0.5) is 10.5 Å². The number of nitrogens with zero attached hydrogens (tertiary/aromatic N) is 2. The molecule has 1 aromatic heterocycles. The van der Waals surface area contributed by atoms with Crippen molar-refractivity contribution in [2.45, 2.75) is 19.4 Å². The number of nitrogens with one attached hydrogen (secondary N) is 3. The number of carbonyl (C=O) groups excluding carboxylic acids is 2. The van der Waals surface area contributed by atoms with E-state index in [9.17, 15) is 9.59 Å². The minimum absolute atomic E-state index is 0.186. The van der Waals surface area contributed by atoms with Crippen molar-refractivity contribution in [2.24, 2.45) is 0 Å². The highest BCUT2D eigenvalue weighted by molar-refractivity contribution is 6.34. The summed E-state index contributed by atoms with van der Waals surface area (Å²) in [6, 6.07) is 9.76. The number of benzene rings is 2. The maximum atomic E-state index is 12.7. The lowest BCUT2D eigenvalue weighted by Gasteiger charge is -2.28. The molecule has 0 spiro atoms. The first-order valence-corrected chi connectivity index (χ1v) is 9.99. The molecule has 1 saturated heterocycles.